The van der Waals surface area contributed by atoms with Crippen molar-refractivity contribution in [3.8, 4) is 5.75 Å². The summed E-state index contributed by atoms with van der Waals surface area (Å²) >= 11 is 3.41. The first-order valence-electron chi connectivity index (χ1n) is 5.32. The number of hydrogen-bond acceptors (Lipinski definition) is 3. The van der Waals surface area contributed by atoms with Gasteiger partial charge in [0.25, 0.3) is 0 Å². The Balaban J connectivity index is 2.21. The van der Waals surface area contributed by atoms with Gasteiger partial charge < -0.3 is 14.9 Å². The fourth-order valence-electron chi connectivity index (χ4n) is 1.75. The van der Waals surface area contributed by atoms with Gasteiger partial charge in [-0.15, -0.1) is 0 Å². The highest BCUT2D eigenvalue weighted by molar-refractivity contribution is 9.10. The van der Waals surface area contributed by atoms with Crippen molar-refractivity contribution >= 4 is 15.9 Å². The lowest BCUT2D eigenvalue weighted by Gasteiger charge is -2.15. The molecule has 0 radical (unpaired) electrons. The van der Waals surface area contributed by atoms with E-state index in [2.05, 4.69) is 15.9 Å². The summed E-state index contributed by atoms with van der Waals surface area (Å²) in [6.45, 7) is 0. The minimum Gasteiger partial charge on any atom is -0.496 e. The highest BCUT2D eigenvalue weighted by Crippen LogP contribution is 2.29. The molecule has 17 heavy (non-hydrogen) atoms. The van der Waals surface area contributed by atoms with Crippen molar-refractivity contribution in [2.75, 3.05) is 7.11 Å². The zero-order valence-electron chi connectivity index (χ0n) is 9.52. The van der Waals surface area contributed by atoms with E-state index in [0.29, 0.717) is 6.42 Å². The molecular weight excluding hydrogens is 282 g/mol. The van der Waals surface area contributed by atoms with E-state index < -0.39 is 0 Å². The molecule has 2 N–H and O–H groups in total. The summed E-state index contributed by atoms with van der Waals surface area (Å²) in [5.74, 6) is 1.67. The monoisotopic (exact) mass is 295 g/mol. The quantitative estimate of drug-likeness (QED) is 0.941. The summed E-state index contributed by atoms with van der Waals surface area (Å²) < 4.78 is 11.6. The number of hydrogen-bond donors (Lipinski definition) is 1. The zero-order chi connectivity index (χ0) is 12.3. The van der Waals surface area contributed by atoms with Crippen LogP contribution in [-0.2, 0) is 6.42 Å². The number of methoxy groups -OCH3 is 1. The maximum absolute atomic E-state index is 6.16. The molecule has 4 heteroatoms. The van der Waals surface area contributed by atoms with Gasteiger partial charge in [-0.2, -0.15) is 0 Å². The molecule has 1 aromatic carbocycles. The van der Waals surface area contributed by atoms with E-state index in [0.717, 1.165) is 21.5 Å². The third-order valence-electron chi connectivity index (χ3n) is 2.60. The highest BCUT2D eigenvalue weighted by Gasteiger charge is 2.14. The molecule has 1 aromatic heterocycles. The SMILES string of the molecule is COc1cc(Br)ccc1C(N)Cc1ccco1. The number of ether oxygens (including phenoxy) is 1. The van der Waals surface area contributed by atoms with Crippen molar-refractivity contribution in [2.24, 2.45) is 5.73 Å². The molecule has 1 unspecified atom stereocenters. The predicted molar refractivity (Wildman–Crippen MR) is 70.0 cm³/mol. The molecule has 1 heterocycles. The van der Waals surface area contributed by atoms with Crippen LogP contribution in [0.4, 0.5) is 0 Å². The van der Waals surface area contributed by atoms with Crippen LogP contribution in [0.1, 0.15) is 17.4 Å². The number of furan rings is 1. The first-order valence-corrected chi connectivity index (χ1v) is 6.11. The number of benzene rings is 1. The van der Waals surface area contributed by atoms with Crippen molar-refractivity contribution in [3.63, 3.8) is 0 Å². The van der Waals surface area contributed by atoms with Crippen LogP contribution in [0.3, 0.4) is 0 Å². The van der Waals surface area contributed by atoms with E-state index in [9.17, 15) is 0 Å². The first kappa shape index (κ1) is 12.2. The molecule has 0 bridgehead atoms. The third-order valence-corrected chi connectivity index (χ3v) is 3.09. The topological polar surface area (TPSA) is 48.4 Å². The molecular formula is C13H14BrNO2. The Kier molecular flexibility index (Phi) is 3.86. The summed E-state index contributed by atoms with van der Waals surface area (Å²) in [4.78, 5) is 0. The molecule has 0 saturated heterocycles. The summed E-state index contributed by atoms with van der Waals surface area (Å²) in [7, 11) is 1.64. The van der Waals surface area contributed by atoms with Gasteiger partial charge in [-0.25, -0.2) is 0 Å². The van der Waals surface area contributed by atoms with Gasteiger partial charge in [0.05, 0.1) is 13.4 Å². The van der Waals surface area contributed by atoms with Gasteiger partial charge in [-0.1, -0.05) is 22.0 Å². The van der Waals surface area contributed by atoms with Crippen LogP contribution in [0.25, 0.3) is 0 Å². The second kappa shape index (κ2) is 5.38. The molecule has 0 aliphatic rings. The normalized spacial score (nSPS) is 12.4. The fraction of sp³-hybridized carbons (Fsp3) is 0.231. The Morgan fingerprint density at radius 1 is 1.41 bits per heavy atom. The van der Waals surface area contributed by atoms with Gasteiger partial charge in [-0.3, -0.25) is 0 Å². The molecule has 2 rings (SSSR count). The van der Waals surface area contributed by atoms with Gasteiger partial charge >= 0.3 is 0 Å². The van der Waals surface area contributed by atoms with Gasteiger partial charge in [0, 0.05) is 22.5 Å². The Labute approximate surface area is 109 Å². The minimum absolute atomic E-state index is 0.135. The molecule has 3 nitrogen and oxygen atoms in total. The second-order valence-electron chi connectivity index (χ2n) is 3.78. The lowest BCUT2D eigenvalue weighted by Crippen LogP contribution is -2.14. The minimum atomic E-state index is -0.135. The second-order valence-corrected chi connectivity index (χ2v) is 4.69. The Morgan fingerprint density at radius 3 is 2.88 bits per heavy atom. The molecule has 1 atom stereocenters. The number of rotatable bonds is 4. The van der Waals surface area contributed by atoms with Crippen LogP contribution in [-0.4, -0.2) is 7.11 Å². The van der Waals surface area contributed by atoms with E-state index in [-0.39, 0.29) is 6.04 Å². The Bertz CT molecular complexity index is 482. The van der Waals surface area contributed by atoms with Crippen molar-refractivity contribution in [1.82, 2.24) is 0 Å². The van der Waals surface area contributed by atoms with Crippen LogP contribution < -0.4 is 10.5 Å². The molecule has 2 aromatic rings. The summed E-state index contributed by atoms with van der Waals surface area (Å²) in [6, 6.07) is 9.49. The van der Waals surface area contributed by atoms with E-state index in [1.54, 1.807) is 13.4 Å². The maximum atomic E-state index is 6.16. The van der Waals surface area contributed by atoms with E-state index in [1.807, 2.05) is 30.3 Å². The summed E-state index contributed by atoms with van der Waals surface area (Å²) in [5.41, 5.74) is 7.14. The average molecular weight is 296 g/mol. The van der Waals surface area contributed by atoms with Crippen molar-refractivity contribution < 1.29 is 9.15 Å². The van der Waals surface area contributed by atoms with Crippen molar-refractivity contribution in [2.45, 2.75) is 12.5 Å². The zero-order valence-corrected chi connectivity index (χ0v) is 11.1. The van der Waals surface area contributed by atoms with Gasteiger partial charge in [0.15, 0.2) is 0 Å². The van der Waals surface area contributed by atoms with Crippen molar-refractivity contribution in [1.29, 1.82) is 0 Å². The van der Waals surface area contributed by atoms with Crippen LogP contribution in [0.15, 0.2) is 45.5 Å². The van der Waals surface area contributed by atoms with E-state index in [4.69, 9.17) is 14.9 Å². The van der Waals surface area contributed by atoms with Crippen LogP contribution in [0.5, 0.6) is 5.75 Å². The molecule has 0 aliphatic heterocycles. The first-order chi connectivity index (χ1) is 8.20. The standard InChI is InChI=1S/C13H14BrNO2/c1-16-13-7-9(14)4-5-11(13)12(15)8-10-3-2-6-17-10/h2-7,12H,8,15H2,1H3. The fourth-order valence-corrected chi connectivity index (χ4v) is 2.09. The van der Waals surface area contributed by atoms with Gasteiger partial charge in [0.1, 0.15) is 11.5 Å². The molecule has 0 amide bonds. The molecule has 0 spiro atoms. The Morgan fingerprint density at radius 2 is 2.24 bits per heavy atom. The molecule has 0 aliphatic carbocycles. The summed E-state index contributed by atoms with van der Waals surface area (Å²) in [5, 5.41) is 0. The van der Waals surface area contributed by atoms with Gasteiger partial charge in [0.2, 0.25) is 0 Å². The highest BCUT2D eigenvalue weighted by atomic mass is 79.9. The predicted octanol–water partition coefficient (Wildman–Crippen LogP) is 3.29. The smallest absolute Gasteiger partial charge is 0.124 e. The molecule has 0 fully saturated rings. The molecule has 0 saturated carbocycles. The van der Waals surface area contributed by atoms with E-state index >= 15 is 0 Å². The third kappa shape index (κ3) is 2.90. The lowest BCUT2D eigenvalue weighted by molar-refractivity contribution is 0.402. The number of nitrogens with two attached hydrogens (primary N) is 1. The lowest BCUT2D eigenvalue weighted by atomic mass is 10.0. The largest absolute Gasteiger partial charge is 0.496 e. The van der Waals surface area contributed by atoms with Crippen molar-refractivity contribution in [3.05, 3.63) is 52.4 Å². The average Bonchev–Trinajstić information content (AvgIpc) is 2.81. The van der Waals surface area contributed by atoms with Gasteiger partial charge in [-0.05, 0) is 24.3 Å². The Hall–Kier alpha value is -1.26. The maximum Gasteiger partial charge on any atom is 0.124 e. The van der Waals surface area contributed by atoms with Crippen LogP contribution >= 0.6 is 15.9 Å². The van der Waals surface area contributed by atoms with E-state index in [1.165, 1.54) is 0 Å². The van der Waals surface area contributed by atoms with Crippen LogP contribution in [0, 0.1) is 0 Å². The number of halogens is 1. The molecule has 90 valence electrons. The summed E-state index contributed by atoms with van der Waals surface area (Å²) in [6.07, 6.45) is 2.31. The van der Waals surface area contributed by atoms with Crippen LogP contribution in [0.2, 0.25) is 0 Å².